The molecular weight excluding hydrogens is 522 g/mol. The normalized spacial score (nSPS) is 11.7. The number of rotatable bonds is 10. The maximum Gasteiger partial charge on any atom is 0.261 e. The Morgan fingerprint density at radius 2 is 1.61 bits per heavy atom. The third kappa shape index (κ3) is 7.22. The summed E-state index contributed by atoms with van der Waals surface area (Å²) in [4.78, 5) is 12.4. The van der Waals surface area contributed by atoms with Crippen molar-refractivity contribution in [3.8, 4) is 0 Å². The number of hydrogen-bond acceptors (Lipinski definition) is 5. The molecule has 8 nitrogen and oxygen atoms in total. The molecular formula is C25H28ClN3O5S2. The second-order valence-electron chi connectivity index (χ2n) is 8.37. The Labute approximate surface area is 217 Å². The molecule has 0 aliphatic rings. The summed E-state index contributed by atoms with van der Waals surface area (Å²) in [5.74, 6) is -0.309. The van der Waals surface area contributed by atoms with E-state index in [-0.39, 0.29) is 23.8 Å². The van der Waals surface area contributed by atoms with E-state index < -0.39 is 20.0 Å². The average Bonchev–Trinajstić information content (AvgIpc) is 2.79. The van der Waals surface area contributed by atoms with Crippen molar-refractivity contribution in [3.63, 3.8) is 0 Å². The van der Waals surface area contributed by atoms with Gasteiger partial charge in [0.1, 0.15) is 0 Å². The van der Waals surface area contributed by atoms with E-state index in [9.17, 15) is 21.6 Å². The molecule has 0 aliphatic heterocycles. The van der Waals surface area contributed by atoms with E-state index in [0.717, 1.165) is 11.8 Å². The van der Waals surface area contributed by atoms with Crippen LogP contribution in [0.4, 0.5) is 17.1 Å². The molecule has 3 aromatic rings. The quantitative estimate of drug-likeness (QED) is 0.372. The molecule has 0 fully saturated rings. The van der Waals surface area contributed by atoms with Crippen LogP contribution in [0, 0.1) is 13.8 Å². The van der Waals surface area contributed by atoms with Crippen LogP contribution >= 0.6 is 11.6 Å². The van der Waals surface area contributed by atoms with Crippen LogP contribution in [-0.4, -0.2) is 35.5 Å². The van der Waals surface area contributed by atoms with E-state index in [1.54, 1.807) is 43.3 Å². The van der Waals surface area contributed by atoms with Crippen LogP contribution in [0.25, 0.3) is 0 Å². The standard InChI is InChI=1S/C25H28ClN3O5S2/c1-18-7-4-8-21(17-18)29(35(3,31)32)16-6-11-25(30)27-20-12-14-22(15-13-20)36(33,34)28-24-10-5-9-23(26)19(24)2/h4-5,7-10,12-15,17,28H,6,11,16H2,1-3H3,(H,27,30). The van der Waals surface area contributed by atoms with Crippen LogP contribution in [0.5, 0.6) is 0 Å². The van der Waals surface area contributed by atoms with Crippen LogP contribution in [-0.2, 0) is 24.8 Å². The maximum absolute atomic E-state index is 12.7. The third-order valence-electron chi connectivity index (χ3n) is 5.42. The lowest BCUT2D eigenvalue weighted by Gasteiger charge is -2.22. The van der Waals surface area contributed by atoms with Gasteiger partial charge >= 0.3 is 0 Å². The zero-order chi connectivity index (χ0) is 26.5. The molecule has 0 radical (unpaired) electrons. The predicted octanol–water partition coefficient (Wildman–Crippen LogP) is 4.94. The number of sulfonamides is 2. The van der Waals surface area contributed by atoms with Crippen LogP contribution in [0.3, 0.4) is 0 Å². The van der Waals surface area contributed by atoms with Crippen LogP contribution in [0.1, 0.15) is 24.0 Å². The van der Waals surface area contributed by atoms with E-state index in [2.05, 4.69) is 10.0 Å². The van der Waals surface area contributed by atoms with Crippen molar-refractivity contribution < 1.29 is 21.6 Å². The minimum Gasteiger partial charge on any atom is -0.326 e. The predicted molar refractivity (Wildman–Crippen MR) is 145 cm³/mol. The second-order valence-corrected chi connectivity index (χ2v) is 12.4. The summed E-state index contributed by atoms with van der Waals surface area (Å²) in [6.07, 6.45) is 1.53. The van der Waals surface area contributed by atoms with Crippen molar-refractivity contribution in [2.75, 3.05) is 27.1 Å². The number of anilines is 3. The van der Waals surface area contributed by atoms with Crippen molar-refractivity contribution in [1.82, 2.24) is 0 Å². The van der Waals surface area contributed by atoms with Crippen molar-refractivity contribution in [1.29, 1.82) is 0 Å². The molecule has 0 aromatic heterocycles. The molecule has 0 saturated carbocycles. The van der Waals surface area contributed by atoms with Crippen molar-refractivity contribution in [3.05, 3.63) is 82.9 Å². The lowest BCUT2D eigenvalue weighted by atomic mass is 10.2. The summed E-state index contributed by atoms with van der Waals surface area (Å²) < 4.78 is 53.7. The van der Waals surface area contributed by atoms with Gasteiger partial charge in [-0.15, -0.1) is 0 Å². The van der Waals surface area contributed by atoms with Gasteiger partial charge in [0, 0.05) is 23.7 Å². The monoisotopic (exact) mass is 549 g/mol. The number of halogens is 1. The van der Waals surface area contributed by atoms with Gasteiger partial charge in [-0.25, -0.2) is 16.8 Å². The van der Waals surface area contributed by atoms with E-state index >= 15 is 0 Å². The highest BCUT2D eigenvalue weighted by atomic mass is 35.5. The molecule has 0 spiro atoms. The van der Waals surface area contributed by atoms with Gasteiger partial charge in [-0.2, -0.15) is 0 Å². The Bertz CT molecular complexity index is 1460. The number of carbonyl (C=O) groups excluding carboxylic acids is 1. The molecule has 0 unspecified atom stereocenters. The van der Waals surface area contributed by atoms with Gasteiger partial charge in [0.2, 0.25) is 15.9 Å². The molecule has 11 heteroatoms. The third-order valence-corrected chi connectivity index (χ3v) is 8.40. The zero-order valence-corrected chi connectivity index (χ0v) is 22.5. The highest BCUT2D eigenvalue weighted by molar-refractivity contribution is 7.92. The first-order valence-corrected chi connectivity index (χ1v) is 14.8. The molecule has 1 amide bonds. The molecule has 3 rings (SSSR count). The Morgan fingerprint density at radius 1 is 0.944 bits per heavy atom. The Balaban J connectivity index is 1.59. The van der Waals surface area contributed by atoms with Crippen LogP contribution < -0.4 is 14.3 Å². The van der Waals surface area contributed by atoms with Crippen molar-refractivity contribution >= 4 is 54.6 Å². The molecule has 3 aromatic carbocycles. The number of nitrogens with one attached hydrogen (secondary N) is 2. The first-order chi connectivity index (χ1) is 16.9. The molecule has 192 valence electrons. The molecule has 36 heavy (non-hydrogen) atoms. The molecule has 0 saturated heterocycles. The van der Waals surface area contributed by atoms with Gasteiger partial charge in [0.05, 0.1) is 22.5 Å². The number of nitrogens with zero attached hydrogens (tertiary/aromatic N) is 1. The van der Waals surface area contributed by atoms with Crippen LogP contribution in [0.2, 0.25) is 5.02 Å². The summed E-state index contributed by atoms with van der Waals surface area (Å²) in [5.41, 5.74) is 2.91. The summed E-state index contributed by atoms with van der Waals surface area (Å²) >= 11 is 6.06. The molecule has 0 aliphatic carbocycles. The largest absolute Gasteiger partial charge is 0.326 e. The number of hydrogen-bond donors (Lipinski definition) is 2. The molecule has 0 bridgehead atoms. The lowest BCUT2D eigenvalue weighted by Crippen LogP contribution is -2.31. The summed E-state index contributed by atoms with van der Waals surface area (Å²) in [5, 5.41) is 3.16. The highest BCUT2D eigenvalue weighted by Gasteiger charge is 2.18. The number of aryl methyl sites for hydroxylation is 1. The van der Waals surface area contributed by atoms with Gasteiger partial charge in [0.15, 0.2) is 0 Å². The lowest BCUT2D eigenvalue weighted by molar-refractivity contribution is -0.116. The second kappa shape index (κ2) is 11.3. The fraction of sp³-hybridized carbons (Fsp3) is 0.240. The average molecular weight is 550 g/mol. The van der Waals surface area contributed by atoms with E-state index in [0.29, 0.717) is 34.1 Å². The summed E-state index contributed by atoms with van der Waals surface area (Å²) in [7, 11) is -7.36. The number of amides is 1. The first kappa shape index (κ1) is 27.5. The van der Waals surface area contributed by atoms with Gasteiger partial charge < -0.3 is 5.32 Å². The number of benzene rings is 3. The SMILES string of the molecule is Cc1cccc(N(CCCC(=O)Nc2ccc(S(=O)(=O)Nc3cccc(Cl)c3C)cc2)S(C)(=O)=O)c1. The minimum absolute atomic E-state index is 0.0295. The minimum atomic E-state index is -3.85. The summed E-state index contributed by atoms with van der Waals surface area (Å²) in [6.45, 7) is 3.75. The van der Waals surface area contributed by atoms with Gasteiger partial charge in [0.25, 0.3) is 10.0 Å². The fourth-order valence-electron chi connectivity index (χ4n) is 3.52. The smallest absolute Gasteiger partial charge is 0.261 e. The van der Waals surface area contributed by atoms with Gasteiger partial charge in [-0.05, 0) is 79.9 Å². The zero-order valence-electron chi connectivity index (χ0n) is 20.2. The molecule has 2 N–H and O–H groups in total. The molecule has 0 heterocycles. The fourth-order valence-corrected chi connectivity index (χ4v) is 5.77. The van der Waals surface area contributed by atoms with E-state index in [1.165, 1.54) is 28.6 Å². The van der Waals surface area contributed by atoms with Crippen LogP contribution in [0.15, 0.2) is 71.6 Å². The topological polar surface area (TPSA) is 113 Å². The Hall–Kier alpha value is -3.08. The highest BCUT2D eigenvalue weighted by Crippen LogP contribution is 2.26. The van der Waals surface area contributed by atoms with Crippen molar-refractivity contribution in [2.24, 2.45) is 0 Å². The Kier molecular flexibility index (Phi) is 8.65. The maximum atomic E-state index is 12.7. The van der Waals surface area contributed by atoms with E-state index in [4.69, 9.17) is 11.6 Å². The van der Waals surface area contributed by atoms with Gasteiger partial charge in [-0.3, -0.25) is 13.8 Å². The van der Waals surface area contributed by atoms with E-state index in [1.807, 2.05) is 13.0 Å². The summed E-state index contributed by atoms with van der Waals surface area (Å²) in [6, 6.07) is 17.9. The molecule has 0 atom stereocenters. The Morgan fingerprint density at radius 3 is 2.25 bits per heavy atom. The van der Waals surface area contributed by atoms with Gasteiger partial charge in [-0.1, -0.05) is 29.8 Å². The number of carbonyl (C=O) groups is 1. The first-order valence-electron chi connectivity index (χ1n) is 11.1. The van der Waals surface area contributed by atoms with Crippen molar-refractivity contribution in [2.45, 2.75) is 31.6 Å².